The van der Waals surface area contributed by atoms with E-state index < -0.39 is 87.9 Å². The number of rotatable bonds is 0. The van der Waals surface area contributed by atoms with Crippen molar-refractivity contribution in [2.24, 2.45) is 28.1 Å². The number of carbonyl (C=O) groups excluding carboxylic acids is 3. The third kappa shape index (κ3) is 1.35. The molecule has 0 radical (unpaired) electrons. The maximum atomic E-state index is 13.4. The van der Waals surface area contributed by atoms with E-state index in [4.69, 9.17) is 18.9 Å². The molecule has 1 unspecified atom stereocenters. The summed E-state index contributed by atoms with van der Waals surface area (Å²) in [7, 11) is 0. The lowest BCUT2D eigenvalue weighted by Crippen LogP contribution is -2.66. The second-order valence-corrected chi connectivity index (χ2v) is 10.7. The van der Waals surface area contributed by atoms with Crippen molar-refractivity contribution >= 4 is 17.9 Å². The van der Waals surface area contributed by atoms with E-state index >= 15 is 0 Å². The maximum absolute atomic E-state index is 13.4. The Labute approximate surface area is 171 Å². The standard InChI is InChI=1S/C20H24O10/c1-6-12(23)27-7-5-17-11-8(21)9(16(2,3)4)18(17)10(22)13(24)29-15(18)30-20(17,14(25)28-11)19(6,7)26/h6-11,15,21-22,26H,5H2,1-4H3/t6-,7+,8-,9+,10+,11-,15+,17?,18+,19-,20-/m1/s1. The molecule has 2 aliphatic carbocycles. The topological polar surface area (TPSA) is 149 Å². The predicted octanol–water partition coefficient (Wildman–Crippen LogP) is -1.37. The van der Waals surface area contributed by atoms with E-state index in [0.29, 0.717) is 0 Å². The molecule has 10 nitrogen and oxygen atoms in total. The molecule has 6 fully saturated rings. The fraction of sp³-hybridized carbons (Fsp3) is 0.850. The maximum Gasteiger partial charge on any atom is 0.342 e. The second kappa shape index (κ2) is 4.69. The van der Waals surface area contributed by atoms with E-state index in [2.05, 4.69) is 0 Å². The Kier molecular flexibility index (Phi) is 2.97. The van der Waals surface area contributed by atoms with Crippen LogP contribution in [-0.4, -0.2) is 75.1 Å². The number of hydrogen-bond donors (Lipinski definition) is 3. The van der Waals surface area contributed by atoms with Crippen LogP contribution in [0.3, 0.4) is 0 Å². The van der Waals surface area contributed by atoms with Crippen LogP contribution in [0.1, 0.15) is 34.1 Å². The normalized spacial score (nSPS) is 60.1. The minimum Gasteiger partial charge on any atom is -0.459 e. The quantitative estimate of drug-likeness (QED) is 0.314. The fourth-order valence-corrected chi connectivity index (χ4v) is 8.22. The first-order valence-corrected chi connectivity index (χ1v) is 10.2. The van der Waals surface area contributed by atoms with Gasteiger partial charge in [-0.3, -0.25) is 4.79 Å². The fourth-order valence-electron chi connectivity index (χ4n) is 8.22. The van der Waals surface area contributed by atoms with Crippen LogP contribution >= 0.6 is 0 Å². The Morgan fingerprint density at radius 2 is 1.70 bits per heavy atom. The summed E-state index contributed by atoms with van der Waals surface area (Å²) >= 11 is 0. The second-order valence-electron chi connectivity index (χ2n) is 10.7. The van der Waals surface area contributed by atoms with Gasteiger partial charge in [0, 0.05) is 12.3 Å². The van der Waals surface area contributed by atoms with Gasteiger partial charge in [-0.15, -0.1) is 0 Å². The van der Waals surface area contributed by atoms with E-state index in [0.717, 1.165) is 0 Å². The number of aliphatic hydroxyl groups is 3. The molecule has 6 rings (SSSR count). The van der Waals surface area contributed by atoms with Crippen molar-refractivity contribution in [1.82, 2.24) is 0 Å². The molecular formula is C20H24O10. The number of aliphatic hydroxyl groups excluding tert-OH is 2. The van der Waals surface area contributed by atoms with Gasteiger partial charge >= 0.3 is 17.9 Å². The molecule has 11 atom stereocenters. The SMILES string of the molecule is C[C@@H]1C(=O)O[C@H]2CC34[C@@H]5OC(=O)[C@]3(O[C@@H]3OC(=O)[C@H](O)[C@@]34[C@H](C(C)(C)C)[C@H]5O)[C@]21O. The van der Waals surface area contributed by atoms with Crippen LogP contribution in [-0.2, 0) is 33.3 Å². The average molecular weight is 424 g/mol. The van der Waals surface area contributed by atoms with Gasteiger partial charge in [0.2, 0.25) is 11.9 Å². The summed E-state index contributed by atoms with van der Waals surface area (Å²) in [4.78, 5) is 38.2. The Morgan fingerprint density at radius 3 is 2.33 bits per heavy atom. The summed E-state index contributed by atoms with van der Waals surface area (Å²) in [5, 5.41) is 34.4. The van der Waals surface area contributed by atoms with Crippen molar-refractivity contribution in [3.63, 3.8) is 0 Å². The lowest BCUT2D eigenvalue weighted by atomic mass is 9.51. The first-order valence-electron chi connectivity index (χ1n) is 10.2. The average Bonchev–Trinajstić information content (AvgIpc) is 3.32. The van der Waals surface area contributed by atoms with Crippen molar-refractivity contribution in [3.8, 4) is 0 Å². The van der Waals surface area contributed by atoms with Gasteiger partial charge in [0.05, 0.1) is 22.9 Å². The number of ether oxygens (including phenoxy) is 4. The van der Waals surface area contributed by atoms with E-state index in [1.807, 2.05) is 20.8 Å². The van der Waals surface area contributed by atoms with Crippen molar-refractivity contribution in [2.75, 3.05) is 0 Å². The molecule has 0 aromatic carbocycles. The van der Waals surface area contributed by atoms with Gasteiger partial charge < -0.3 is 34.3 Å². The lowest BCUT2D eigenvalue weighted by molar-refractivity contribution is -0.239. The van der Waals surface area contributed by atoms with Crippen LogP contribution in [0.15, 0.2) is 0 Å². The van der Waals surface area contributed by atoms with Crippen LogP contribution in [0.4, 0.5) is 0 Å². The molecule has 0 aromatic heterocycles. The monoisotopic (exact) mass is 424 g/mol. The number of fused-ring (bicyclic) bond motifs is 1. The molecule has 4 heterocycles. The third-order valence-electron chi connectivity index (χ3n) is 8.91. The van der Waals surface area contributed by atoms with E-state index in [9.17, 15) is 29.7 Å². The molecule has 2 spiro atoms. The highest BCUT2D eigenvalue weighted by Gasteiger charge is 3.02. The molecule has 0 amide bonds. The van der Waals surface area contributed by atoms with Crippen LogP contribution in [0, 0.1) is 28.1 Å². The highest BCUT2D eigenvalue weighted by atomic mass is 16.8. The Hall–Kier alpha value is -1.75. The summed E-state index contributed by atoms with van der Waals surface area (Å²) in [5.41, 5.74) is -7.95. The summed E-state index contributed by atoms with van der Waals surface area (Å²) in [6, 6.07) is 0. The van der Waals surface area contributed by atoms with Gasteiger partial charge in [-0.25, -0.2) is 9.59 Å². The predicted molar refractivity (Wildman–Crippen MR) is 92.0 cm³/mol. The molecule has 6 aliphatic rings. The first-order chi connectivity index (χ1) is 13.8. The van der Waals surface area contributed by atoms with E-state index in [-0.39, 0.29) is 6.42 Å². The smallest absolute Gasteiger partial charge is 0.342 e. The van der Waals surface area contributed by atoms with Gasteiger partial charge in [-0.2, -0.15) is 0 Å². The van der Waals surface area contributed by atoms with Crippen LogP contribution < -0.4 is 0 Å². The molecule has 2 saturated carbocycles. The molecule has 30 heavy (non-hydrogen) atoms. The van der Waals surface area contributed by atoms with Gasteiger partial charge in [-0.05, 0) is 12.3 Å². The zero-order valence-electron chi connectivity index (χ0n) is 16.9. The van der Waals surface area contributed by atoms with E-state index in [1.54, 1.807) is 0 Å². The van der Waals surface area contributed by atoms with Crippen LogP contribution in [0.25, 0.3) is 0 Å². The van der Waals surface area contributed by atoms with Crippen molar-refractivity contribution in [3.05, 3.63) is 0 Å². The van der Waals surface area contributed by atoms with Crippen LogP contribution in [0.5, 0.6) is 0 Å². The highest BCUT2D eigenvalue weighted by molar-refractivity contribution is 5.93. The van der Waals surface area contributed by atoms with Crippen molar-refractivity contribution in [1.29, 1.82) is 0 Å². The molecule has 0 aromatic rings. The zero-order chi connectivity index (χ0) is 21.8. The summed E-state index contributed by atoms with van der Waals surface area (Å²) < 4.78 is 22.6. The van der Waals surface area contributed by atoms with E-state index in [1.165, 1.54) is 6.92 Å². The molecule has 0 bridgehead atoms. The molecule has 164 valence electrons. The van der Waals surface area contributed by atoms with Crippen LogP contribution in [0.2, 0.25) is 0 Å². The summed E-state index contributed by atoms with van der Waals surface area (Å²) in [6.45, 7) is 6.97. The summed E-state index contributed by atoms with van der Waals surface area (Å²) in [6.07, 6.45) is -6.73. The minimum atomic E-state index is -2.12. The largest absolute Gasteiger partial charge is 0.459 e. The number of carbonyl (C=O) groups is 3. The van der Waals surface area contributed by atoms with Gasteiger partial charge in [0.15, 0.2) is 11.7 Å². The van der Waals surface area contributed by atoms with Gasteiger partial charge in [-0.1, -0.05) is 20.8 Å². The zero-order valence-corrected chi connectivity index (χ0v) is 16.9. The molecule has 3 N–H and O–H groups in total. The van der Waals surface area contributed by atoms with Crippen molar-refractivity contribution in [2.45, 2.75) is 76.0 Å². The number of esters is 3. The molecule has 4 aliphatic heterocycles. The van der Waals surface area contributed by atoms with Gasteiger partial charge in [0.25, 0.3) is 0 Å². The van der Waals surface area contributed by atoms with Crippen molar-refractivity contribution < 1.29 is 48.7 Å². The third-order valence-corrected chi connectivity index (χ3v) is 8.91. The Balaban J connectivity index is 1.71. The summed E-state index contributed by atoms with van der Waals surface area (Å²) in [5.74, 6) is -4.43. The molecular weight excluding hydrogens is 400 g/mol. The molecule has 4 saturated heterocycles. The highest BCUT2D eigenvalue weighted by Crippen LogP contribution is 2.84. The number of hydrogen-bond acceptors (Lipinski definition) is 10. The minimum absolute atomic E-state index is 0.107. The lowest BCUT2D eigenvalue weighted by Gasteiger charge is -2.46. The van der Waals surface area contributed by atoms with Gasteiger partial charge in [0.1, 0.15) is 12.2 Å². The molecule has 10 heteroatoms. The Bertz CT molecular complexity index is 925. The Morgan fingerprint density at radius 1 is 1.03 bits per heavy atom. The first kappa shape index (κ1) is 19.0.